The second-order valence-corrected chi connectivity index (χ2v) is 16.9. The van der Waals surface area contributed by atoms with Gasteiger partial charge in [0.1, 0.15) is 24.1 Å². The van der Waals surface area contributed by atoms with E-state index in [1.165, 1.54) is 34.1 Å². The van der Waals surface area contributed by atoms with Gasteiger partial charge in [-0.1, -0.05) is 24.5 Å². The maximum atomic E-state index is 16.1. The molecule has 3 aliphatic rings. The molecule has 2 aliphatic heterocycles. The SMILES string of the molecule is Nc1ncnc2c1ncn2[C@@H]1O[C@@H]2CO[P@](=O)(S)OC[C@@H]3[C@@H](CO[P@@](=O)(S)O[C@H]2[C@H]1F)C[C@H]3n1cnc2c(O)n3ccnc3nc21. The van der Waals surface area contributed by atoms with E-state index in [0.717, 1.165) is 0 Å². The molecule has 244 valence electrons. The summed E-state index contributed by atoms with van der Waals surface area (Å²) < 4.78 is 75.7. The number of thiol groups is 2. The van der Waals surface area contributed by atoms with Crippen LogP contribution in [-0.4, -0.2) is 86.7 Å². The number of aromatic nitrogens is 9. The highest BCUT2D eigenvalue weighted by atomic mass is 32.7. The quantitative estimate of drug-likeness (QED) is 0.153. The van der Waals surface area contributed by atoms with Crippen molar-refractivity contribution in [2.24, 2.45) is 11.8 Å². The first-order valence-corrected chi connectivity index (χ1v) is 19.3. The number of alkyl halides is 1. The van der Waals surface area contributed by atoms with Gasteiger partial charge in [0.05, 0.1) is 32.5 Å². The number of ether oxygens (including phenoxy) is 1. The molecular formula is C23H25FN10O8P2S2. The summed E-state index contributed by atoms with van der Waals surface area (Å²) in [4.78, 5) is 25.2. The Morgan fingerprint density at radius 1 is 0.957 bits per heavy atom. The third-order valence-corrected chi connectivity index (χ3v) is 11.8. The van der Waals surface area contributed by atoms with E-state index in [2.05, 4.69) is 54.4 Å². The number of imidazole rings is 3. The summed E-state index contributed by atoms with van der Waals surface area (Å²) in [6.45, 7) is -8.95. The fourth-order valence-electron chi connectivity index (χ4n) is 6.15. The van der Waals surface area contributed by atoms with Gasteiger partial charge in [0, 0.05) is 24.4 Å². The minimum Gasteiger partial charge on any atom is -0.493 e. The molecule has 3 N–H and O–H groups in total. The highest BCUT2D eigenvalue weighted by Gasteiger charge is 2.52. The van der Waals surface area contributed by atoms with Crippen LogP contribution in [0.3, 0.4) is 0 Å². The van der Waals surface area contributed by atoms with Gasteiger partial charge in [0.25, 0.3) is 0 Å². The van der Waals surface area contributed by atoms with E-state index in [1.807, 2.05) is 0 Å². The molecule has 0 bridgehead atoms. The van der Waals surface area contributed by atoms with E-state index in [9.17, 15) is 14.2 Å². The second-order valence-electron chi connectivity index (χ2n) is 11.1. The van der Waals surface area contributed by atoms with Crippen LogP contribution in [0.5, 0.6) is 5.88 Å². The van der Waals surface area contributed by atoms with Crippen molar-refractivity contribution in [3.8, 4) is 5.88 Å². The molecule has 1 saturated carbocycles. The lowest BCUT2D eigenvalue weighted by atomic mass is 9.70. The van der Waals surface area contributed by atoms with Crippen LogP contribution >= 0.6 is 38.1 Å². The van der Waals surface area contributed by atoms with Gasteiger partial charge in [-0.3, -0.25) is 18.0 Å². The van der Waals surface area contributed by atoms with Crippen LogP contribution in [0.4, 0.5) is 10.2 Å². The molecule has 1 aliphatic carbocycles. The first-order chi connectivity index (χ1) is 22.0. The molecule has 7 heterocycles. The van der Waals surface area contributed by atoms with Gasteiger partial charge in [-0.2, -0.15) is 4.98 Å². The van der Waals surface area contributed by atoms with Crippen molar-refractivity contribution >= 4 is 72.0 Å². The Morgan fingerprint density at radius 2 is 1.72 bits per heavy atom. The number of rotatable bonds is 2. The van der Waals surface area contributed by atoms with Crippen LogP contribution in [0.25, 0.3) is 28.1 Å². The normalized spacial score (nSPS) is 35.7. The third kappa shape index (κ3) is 5.09. The Labute approximate surface area is 268 Å². The number of halogens is 1. The zero-order valence-corrected chi connectivity index (χ0v) is 26.9. The molecule has 2 saturated heterocycles. The molecule has 9 atom stereocenters. The van der Waals surface area contributed by atoms with Crippen LogP contribution in [0.2, 0.25) is 0 Å². The van der Waals surface area contributed by atoms with Gasteiger partial charge in [-0.05, 0) is 12.3 Å². The fraction of sp³-hybridized carbons (Fsp3) is 0.478. The Hall–Kier alpha value is -2.87. The highest BCUT2D eigenvalue weighted by Crippen LogP contribution is 2.60. The van der Waals surface area contributed by atoms with Gasteiger partial charge in [0.15, 0.2) is 35.0 Å². The first-order valence-electron chi connectivity index (χ1n) is 13.9. The molecule has 18 nitrogen and oxygen atoms in total. The summed E-state index contributed by atoms with van der Waals surface area (Å²) in [5, 5.41) is 10.7. The van der Waals surface area contributed by atoms with E-state index in [-0.39, 0.29) is 65.2 Å². The first kappa shape index (κ1) is 30.5. The number of nitrogens with zero attached hydrogens (tertiary/aromatic N) is 9. The van der Waals surface area contributed by atoms with Crippen LogP contribution < -0.4 is 5.73 Å². The largest absolute Gasteiger partial charge is 0.493 e. The highest BCUT2D eigenvalue weighted by molar-refractivity contribution is 8.44. The number of anilines is 1. The number of aromatic hydroxyl groups is 1. The van der Waals surface area contributed by atoms with Gasteiger partial charge in [-0.25, -0.2) is 38.4 Å². The second kappa shape index (κ2) is 11.1. The maximum absolute atomic E-state index is 16.1. The van der Waals surface area contributed by atoms with E-state index in [4.69, 9.17) is 28.6 Å². The average Bonchev–Trinajstić information content (AvgIpc) is 3.79. The fourth-order valence-corrected chi connectivity index (χ4v) is 8.85. The van der Waals surface area contributed by atoms with E-state index in [1.54, 1.807) is 10.8 Å². The Balaban J connectivity index is 1.06. The molecule has 46 heavy (non-hydrogen) atoms. The average molecular weight is 715 g/mol. The molecule has 5 aromatic rings. The van der Waals surface area contributed by atoms with Crippen molar-refractivity contribution in [3.05, 3.63) is 31.4 Å². The third-order valence-electron chi connectivity index (χ3n) is 8.50. The molecule has 0 radical (unpaired) electrons. The van der Waals surface area contributed by atoms with Crippen molar-refractivity contribution in [2.45, 2.75) is 37.1 Å². The van der Waals surface area contributed by atoms with E-state index >= 15 is 4.39 Å². The van der Waals surface area contributed by atoms with Crippen molar-refractivity contribution in [2.75, 3.05) is 25.6 Å². The van der Waals surface area contributed by atoms with Crippen molar-refractivity contribution in [1.82, 2.24) is 43.4 Å². The number of nitrogen functional groups attached to an aromatic ring is 1. The Kier molecular flexibility index (Phi) is 7.35. The maximum Gasteiger partial charge on any atom is 0.386 e. The molecule has 3 fully saturated rings. The van der Waals surface area contributed by atoms with Gasteiger partial charge >= 0.3 is 13.6 Å². The Bertz CT molecular complexity index is 2080. The molecule has 0 aromatic carbocycles. The summed E-state index contributed by atoms with van der Waals surface area (Å²) >= 11 is 8.27. The predicted octanol–water partition coefficient (Wildman–Crippen LogP) is 3.14. The summed E-state index contributed by atoms with van der Waals surface area (Å²) in [6.07, 6.45) is 1.45. The minimum atomic E-state index is -4.18. The summed E-state index contributed by atoms with van der Waals surface area (Å²) in [7, 11) is 0. The van der Waals surface area contributed by atoms with Gasteiger partial charge in [0.2, 0.25) is 11.7 Å². The summed E-state index contributed by atoms with van der Waals surface area (Å²) in [5.41, 5.74) is 6.93. The van der Waals surface area contributed by atoms with Crippen LogP contribution in [0.1, 0.15) is 18.7 Å². The summed E-state index contributed by atoms with van der Waals surface area (Å²) in [6, 6.07) is -0.303. The monoisotopic (exact) mass is 714 g/mol. The molecule has 0 amide bonds. The standard InChI is InChI=1S/C23H25FN10O8P2S2/c24-14-17-13(41-22(14)34-9-29-15-18(25)27-7-28-19(15)34)6-40-43(36,45)39-5-11-10(4-38-44(37,46)42-17)3-12(11)33-8-30-16-20(33)31-23-26-1-2-32(23)21(16)35/h1-2,7-14,17,22,35H,3-6H2,(H,36,45)(H,37,46)(H2,25,27,28)/t10-,11-,12-,13-,14-,17-,22-,43-,44-/m1/s1. The van der Waals surface area contributed by atoms with E-state index < -0.39 is 44.8 Å². The van der Waals surface area contributed by atoms with Crippen molar-refractivity contribution < 1.29 is 41.5 Å². The van der Waals surface area contributed by atoms with Crippen LogP contribution in [0, 0.1) is 11.8 Å². The van der Waals surface area contributed by atoms with Crippen molar-refractivity contribution in [1.29, 1.82) is 0 Å². The molecule has 23 heteroatoms. The lowest BCUT2D eigenvalue weighted by Crippen LogP contribution is -2.43. The number of hydrogen-bond acceptors (Lipinski definition) is 15. The lowest BCUT2D eigenvalue weighted by molar-refractivity contribution is -0.0408. The van der Waals surface area contributed by atoms with Gasteiger partial charge < -0.3 is 29.2 Å². The van der Waals surface area contributed by atoms with Gasteiger partial charge in [-0.15, -0.1) is 0 Å². The smallest absolute Gasteiger partial charge is 0.386 e. The predicted molar refractivity (Wildman–Crippen MR) is 163 cm³/mol. The number of hydrogen-bond donors (Lipinski definition) is 4. The number of fused-ring (bicyclic) bond motifs is 5. The summed E-state index contributed by atoms with van der Waals surface area (Å²) in [5.74, 6) is -0.436. The molecule has 5 aromatic heterocycles. The van der Waals surface area contributed by atoms with E-state index in [0.29, 0.717) is 12.1 Å². The zero-order valence-electron chi connectivity index (χ0n) is 23.3. The van der Waals surface area contributed by atoms with Crippen LogP contribution in [0.15, 0.2) is 31.4 Å². The minimum absolute atomic E-state index is 0.0863. The Morgan fingerprint density at radius 3 is 2.57 bits per heavy atom. The topological polar surface area (TPSA) is 218 Å². The molecule has 8 rings (SSSR count). The molecule has 0 unspecified atom stereocenters. The number of nitrogens with two attached hydrogens (primary N) is 1. The zero-order chi connectivity index (χ0) is 32.0. The molecule has 0 spiro atoms. The lowest BCUT2D eigenvalue weighted by Gasteiger charge is -2.45. The molecular weight excluding hydrogens is 689 g/mol. The van der Waals surface area contributed by atoms with Crippen LogP contribution in [-0.2, 0) is 32.0 Å². The van der Waals surface area contributed by atoms with Crippen molar-refractivity contribution in [3.63, 3.8) is 0 Å².